The van der Waals surface area contributed by atoms with Crippen molar-refractivity contribution < 1.29 is 14.6 Å². The monoisotopic (exact) mass is 265 g/mol. The van der Waals surface area contributed by atoms with Gasteiger partial charge in [-0.1, -0.05) is 6.42 Å². The fourth-order valence-electron chi connectivity index (χ4n) is 2.36. The molecule has 1 atom stereocenters. The highest BCUT2D eigenvalue weighted by molar-refractivity contribution is 5.31. The number of likely N-dealkylation sites (tertiary alicyclic amines) is 1. The van der Waals surface area contributed by atoms with E-state index in [9.17, 15) is 5.11 Å². The second-order valence-electron chi connectivity index (χ2n) is 5.00. The molecular formula is C15H23NO3. The van der Waals surface area contributed by atoms with E-state index in [1.54, 1.807) is 7.11 Å². The number of rotatable bonds is 6. The fourth-order valence-corrected chi connectivity index (χ4v) is 2.36. The van der Waals surface area contributed by atoms with Crippen LogP contribution in [0.3, 0.4) is 0 Å². The zero-order chi connectivity index (χ0) is 13.5. The van der Waals surface area contributed by atoms with Gasteiger partial charge in [-0.05, 0) is 50.2 Å². The summed E-state index contributed by atoms with van der Waals surface area (Å²) in [6, 6.07) is 7.41. The molecule has 0 radical (unpaired) electrons. The minimum absolute atomic E-state index is 0.336. The van der Waals surface area contributed by atoms with E-state index in [1.807, 2.05) is 24.3 Å². The molecule has 4 nitrogen and oxygen atoms in total. The molecule has 1 heterocycles. The molecule has 1 aliphatic rings. The van der Waals surface area contributed by atoms with Gasteiger partial charge in [0.25, 0.3) is 0 Å². The third-order valence-corrected chi connectivity index (χ3v) is 3.42. The number of hydrogen-bond donors (Lipinski definition) is 1. The number of aliphatic hydroxyl groups excluding tert-OH is 1. The summed E-state index contributed by atoms with van der Waals surface area (Å²) in [5.74, 6) is 1.57. The van der Waals surface area contributed by atoms with Gasteiger partial charge in [-0.25, -0.2) is 0 Å². The maximum Gasteiger partial charge on any atom is 0.119 e. The van der Waals surface area contributed by atoms with E-state index in [1.165, 1.54) is 19.3 Å². The molecule has 0 spiro atoms. The molecule has 1 saturated heterocycles. The summed E-state index contributed by atoms with van der Waals surface area (Å²) < 4.78 is 10.7. The summed E-state index contributed by atoms with van der Waals surface area (Å²) in [6.45, 7) is 3.23. The predicted molar refractivity (Wildman–Crippen MR) is 74.8 cm³/mol. The van der Waals surface area contributed by atoms with Gasteiger partial charge < -0.3 is 19.5 Å². The summed E-state index contributed by atoms with van der Waals surface area (Å²) in [7, 11) is 1.64. The Kier molecular flexibility index (Phi) is 5.48. The largest absolute Gasteiger partial charge is 0.497 e. The van der Waals surface area contributed by atoms with Crippen molar-refractivity contribution in [3.05, 3.63) is 24.3 Å². The van der Waals surface area contributed by atoms with Gasteiger partial charge >= 0.3 is 0 Å². The molecule has 4 heteroatoms. The molecular weight excluding hydrogens is 242 g/mol. The average Bonchev–Trinajstić information content (AvgIpc) is 2.47. The Morgan fingerprint density at radius 3 is 2.37 bits per heavy atom. The zero-order valence-corrected chi connectivity index (χ0v) is 11.5. The smallest absolute Gasteiger partial charge is 0.119 e. The second-order valence-corrected chi connectivity index (χ2v) is 5.00. The maximum absolute atomic E-state index is 9.97. The molecule has 1 fully saturated rings. The standard InChI is InChI=1S/C15H23NO3/c1-18-14-5-7-15(8-6-14)19-12-13(17)11-16-9-3-2-4-10-16/h5-8,13,17H,2-4,9-12H2,1H3/t13-/m1/s1. The lowest BCUT2D eigenvalue weighted by atomic mass is 10.1. The molecule has 1 aromatic carbocycles. The summed E-state index contributed by atoms with van der Waals surface area (Å²) in [6.07, 6.45) is 3.37. The van der Waals surface area contributed by atoms with Crippen molar-refractivity contribution in [1.82, 2.24) is 4.90 Å². The van der Waals surface area contributed by atoms with Crippen molar-refractivity contribution in [3.8, 4) is 11.5 Å². The number of aliphatic hydroxyl groups is 1. The van der Waals surface area contributed by atoms with Crippen LogP contribution >= 0.6 is 0 Å². The van der Waals surface area contributed by atoms with Crippen LogP contribution in [0.2, 0.25) is 0 Å². The number of nitrogens with zero attached hydrogens (tertiary/aromatic N) is 1. The van der Waals surface area contributed by atoms with E-state index < -0.39 is 6.10 Å². The maximum atomic E-state index is 9.97. The van der Waals surface area contributed by atoms with E-state index in [0.29, 0.717) is 13.2 Å². The first-order valence-electron chi connectivity index (χ1n) is 6.95. The summed E-state index contributed by atoms with van der Waals surface area (Å²) in [4.78, 5) is 2.31. The SMILES string of the molecule is COc1ccc(OC[C@H](O)CN2CCCCC2)cc1. The minimum atomic E-state index is -0.430. The third-order valence-electron chi connectivity index (χ3n) is 3.42. The molecule has 0 amide bonds. The van der Waals surface area contributed by atoms with E-state index in [-0.39, 0.29) is 0 Å². The van der Waals surface area contributed by atoms with Gasteiger partial charge in [-0.2, -0.15) is 0 Å². The summed E-state index contributed by atoms with van der Waals surface area (Å²) in [5.41, 5.74) is 0. The number of piperidine rings is 1. The molecule has 1 N–H and O–H groups in total. The average molecular weight is 265 g/mol. The van der Waals surface area contributed by atoms with Crippen LogP contribution in [0.15, 0.2) is 24.3 Å². The Morgan fingerprint density at radius 1 is 1.11 bits per heavy atom. The van der Waals surface area contributed by atoms with Gasteiger partial charge in [-0.3, -0.25) is 0 Å². The van der Waals surface area contributed by atoms with E-state index in [4.69, 9.17) is 9.47 Å². The van der Waals surface area contributed by atoms with Crippen molar-refractivity contribution in [2.24, 2.45) is 0 Å². The van der Waals surface area contributed by atoms with Crippen LogP contribution in [0, 0.1) is 0 Å². The highest BCUT2D eigenvalue weighted by Crippen LogP contribution is 2.17. The van der Waals surface area contributed by atoms with Crippen molar-refractivity contribution in [1.29, 1.82) is 0 Å². The summed E-state index contributed by atoms with van der Waals surface area (Å²) in [5, 5.41) is 9.97. The van der Waals surface area contributed by atoms with Crippen molar-refractivity contribution in [2.75, 3.05) is 33.4 Å². The summed E-state index contributed by atoms with van der Waals surface area (Å²) >= 11 is 0. The molecule has 0 aliphatic carbocycles. The van der Waals surface area contributed by atoms with Crippen LogP contribution in [0.25, 0.3) is 0 Å². The van der Waals surface area contributed by atoms with Crippen molar-refractivity contribution in [2.45, 2.75) is 25.4 Å². The van der Waals surface area contributed by atoms with E-state index in [0.717, 1.165) is 24.6 Å². The van der Waals surface area contributed by atoms with Crippen LogP contribution < -0.4 is 9.47 Å². The highest BCUT2D eigenvalue weighted by Gasteiger charge is 2.14. The first-order valence-corrected chi connectivity index (χ1v) is 6.95. The van der Waals surface area contributed by atoms with Gasteiger partial charge in [0.2, 0.25) is 0 Å². The number of benzene rings is 1. The van der Waals surface area contributed by atoms with Crippen LogP contribution in [-0.4, -0.2) is 49.5 Å². The second kappa shape index (κ2) is 7.36. The van der Waals surface area contributed by atoms with Gasteiger partial charge in [0, 0.05) is 6.54 Å². The Hall–Kier alpha value is -1.26. The Labute approximate surface area is 114 Å². The lowest BCUT2D eigenvalue weighted by molar-refractivity contribution is 0.0617. The molecule has 0 aromatic heterocycles. The van der Waals surface area contributed by atoms with Gasteiger partial charge in [0.1, 0.15) is 24.2 Å². The lowest BCUT2D eigenvalue weighted by Gasteiger charge is -2.28. The molecule has 1 aromatic rings. The fraction of sp³-hybridized carbons (Fsp3) is 0.600. The first kappa shape index (κ1) is 14.2. The third kappa shape index (κ3) is 4.73. The normalized spacial score (nSPS) is 18.0. The van der Waals surface area contributed by atoms with Crippen LogP contribution in [0.1, 0.15) is 19.3 Å². The van der Waals surface area contributed by atoms with E-state index in [2.05, 4.69) is 4.90 Å². The first-order chi connectivity index (χ1) is 9.28. The van der Waals surface area contributed by atoms with Crippen molar-refractivity contribution in [3.63, 3.8) is 0 Å². The predicted octanol–water partition coefficient (Wildman–Crippen LogP) is 1.92. The molecule has 0 unspecified atom stereocenters. The number of ether oxygens (including phenoxy) is 2. The van der Waals surface area contributed by atoms with Gasteiger partial charge in [0.05, 0.1) is 7.11 Å². The Bertz CT molecular complexity index is 360. The van der Waals surface area contributed by atoms with Crippen molar-refractivity contribution >= 4 is 0 Å². The van der Waals surface area contributed by atoms with Gasteiger partial charge in [0.15, 0.2) is 0 Å². The van der Waals surface area contributed by atoms with Crippen LogP contribution in [0.4, 0.5) is 0 Å². The number of hydrogen-bond acceptors (Lipinski definition) is 4. The van der Waals surface area contributed by atoms with Gasteiger partial charge in [-0.15, -0.1) is 0 Å². The molecule has 19 heavy (non-hydrogen) atoms. The van der Waals surface area contributed by atoms with E-state index >= 15 is 0 Å². The Balaban J connectivity index is 1.71. The molecule has 0 saturated carbocycles. The Morgan fingerprint density at radius 2 is 1.74 bits per heavy atom. The quantitative estimate of drug-likeness (QED) is 0.853. The van der Waals surface area contributed by atoms with Crippen LogP contribution in [0.5, 0.6) is 11.5 Å². The topological polar surface area (TPSA) is 41.9 Å². The molecule has 0 bridgehead atoms. The molecule has 1 aliphatic heterocycles. The lowest BCUT2D eigenvalue weighted by Crippen LogP contribution is -2.38. The zero-order valence-electron chi connectivity index (χ0n) is 11.5. The molecule has 2 rings (SSSR count). The van der Waals surface area contributed by atoms with Crippen LogP contribution in [-0.2, 0) is 0 Å². The highest BCUT2D eigenvalue weighted by atomic mass is 16.5. The number of methoxy groups -OCH3 is 1. The minimum Gasteiger partial charge on any atom is -0.497 e. The molecule has 106 valence electrons. The number of β-amino-alcohol motifs (C(OH)–C–C–N with tert-alkyl or cyclic N) is 1.